The normalized spacial score (nSPS) is 11.8. The quantitative estimate of drug-likeness (QED) is 0.588. The Morgan fingerprint density at radius 1 is 1.35 bits per heavy atom. The van der Waals surface area contributed by atoms with Gasteiger partial charge in [-0.25, -0.2) is 0 Å². The van der Waals surface area contributed by atoms with Gasteiger partial charge in [0.2, 0.25) is 0 Å². The van der Waals surface area contributed by atoms with Crippen LogP contribution in [0.2, 0.25) is 0 Å². The lowest BCUT2D eigenvalue weighted by Crippen LogP contribution is -2.28. The summed E-state index contributed by atoms with van der Waals surface area (Å²) in [4.78, 5) is 13.5. The van der Waals surface area contributed by atoms with Gasteiger partial charge in [0.05, 0.1) is 5.56 Å². The van der Waals surface area contributed by atoms with Crippen LogP contribution in [-0.4, -0.2) is 24.4 Å². The van der Waals surface area contributed by atoms with Crippen molar-refractivity contribution in [3.05, 3.63) is 47.5 Å². The molecule has 0 unspecified atom stereocenters. The van der Waals surface area contributed by atoms with Crippen LogP contribution in [-0.2, 0) is 6.18 Å². The van der Waals surface area contributed by atoms with Gasteiger partial charge < -0.3 is 4.90 Å². The number of halogens is 3. The molecule has 0 aliphatic carbocycles. The molecule has 0 fully saturated rings. The van der Waals surface area contributed by atoms with Crippen LogP contribution in [0.3, 0.4) is 0 Å². The standard InChI is InChI=1S/C15H18F3NO/c1-3-4-5-6-10-19(2)14(20)12-8-7-9-13(11-12)15(16,17)18/h3-4,7-9,11H,5-6,10H2,1-2H3/b4-3+. The van der Waals surface area contributed by atoms with E-state index in [0.717, 1.165) is 25.0 Å². The van der Waals surface area contributed by atoms with Gasteiger partial charge in [-0.3, -0.25) is 4.79 Å². The summed E-state index contributed by atoms with van der Waals surface area (Å²) in [6, 6.07) is 4.51. The van der Waals surface area contributed by atoms with E-state index in [0.29, 0.717) is 6.54 Å². The molecule has 5 heteroatoms. The molecule has 0 aromatic heterocycles. The summed E-state index contributed by atoms with van der Waals surface area (Å²) in [5.74, 6) is -0.392. The predicted octanol–water partition coefficient (Wildman–Crippen LogP) is 4.13. The third-order valence-corrected chi connectivity index (χ3v) is 2.88. The van der Waals surface area contributed by atoms with Crippen molar-refractivity contribution < 1.29 is 18.0 Å². The zero-order valence-corrected chi connectivity index (χ0v) is 11.6. The number of rotatable bonds is 5. The first-order valence-electron chi connectivity index (χ1n) is 6.40. The Bertz CT molecular complexity index is 480. The number of amides is 1. The smallest absolute Gasteiger partial charge is 0.342 e. The molecular weight excluding hydrogens is 267 g/mol. The molecule has 1 amide bonds. The molecular formula is C15H18F3NO. The molecule has 2 nitrogen and oxygen atoms in total. The van der Waals surface area contributed by atoms with Crippen molar-refractivity contribution in [2.45, 2.75) is 25.9 Å². The van der Waals surface area contributed by atoms with Gasteiger partial charge in [0.25, 0.3) is 5.91 Å². The first-order valence-corrected chi connectivity index (χ1v) is 6.40. The van der Waals surface area contributed by atoms with Gasteiger partial charge in [-0.1, -0.05) is 18.2 Å². The molecule has 110 valence electrons. The molecule has 20 heavy (non-hydrogen) atoms. The molecule has 0 N–H and O–H groups in total. The zero-order valence-electron chi connectivity index (χ0n) is 11.6. The van der Waals surface area contributed by atoms with E-state index in [1.165, 1.54) is 17.0 Å². The molecule has 0 spiro atoms. The van der Waals surface area contributed by atoms with E-state index in [-0.39, 0.29) is 5.56 Å². The third kappa shape index (κ3) is 4.72. The van der Waals surface area contributed by atoms with Crippen molar-refractivity contribution in [1.29, 1.82) is 0 Å². The molecule has 1 rings (SSSR count). The summed E-state index contributed by atoms with van der Waals surface area (Å²) in [5.41, 5.74) is -0.737. The van der Waals surface area contributed by atoms with Crippen LogP contribution < -0.4 is 0 Å². The summed E-state index contributed by atoms with van der Waals surface area (Å²) >= 11 is 0. The van der Waals surface area contributed by atoms with E-state index in [4.69, 9.17) is 0 Å². The van der Waals surface area contributed by atoms with Crippen molar-refractivity contribution in [3.8, 4) is 0 Å². The van der Waals surface area contributed by atoms with Crippen molar-refractivity contribution in [2.24, 2.45) is 0 Å². The largest absolute Gasteiger partial charge is 0.416 e. The second-order valence-electron chi connectivity index (χ2n) is 4.52. The highest BCUT2D eigenvalue weighted by molar-refractivity contribution is 5.94. The molecule has 1 aromatic carbocycles. The lowest BCUT2D eigenvalue weighted by molar-refractivity contribution is -0.137. The monoisotopic (exact) mass is 285 g/mol. The average Bonchev–Trinajstić information content (AvgIpc) is 2.42. The second kappa shape index (κ2) is 7.12. The highest BCUT2D eigenvalue weighted by atomic mass is 19.4. The fraction of sp³-hybridized carbons (Fsp3) is 0.400. The summed E-state index contributed by atoms with van der Waals surface area (Å²) in [7, 11) is 1.60. The first-order chi connectivity index (χ1) is 9.36. The highest BCUT2D eigenvalue weighted by Gasteiger charge is 2.31. The number of nitrogens with zero attached hydrogens (tertiary/aromatic N) is 1. The highest BCUT2D eigenvalue weighted by Crippen LogP contribution is 2.29. The number of carbonyl (C=O) groups is 1. The number of allylic oxidation sites excluding steroid dienone is 2. The van der Waals surface area contributed by atoms with Crippen molar-refractivity contribution >= 4 is 5.91 Å². The Morgan fingerprint density at radius 3 is 2.65 bits per heavy atom. The second-order valence-corrected chi connectivity index (χ2v) is 4.52. The molecule has 0 aliphatic rings. The van der Waals surface area contributed by atoms with Crippen LogP contribution in [0.25, 0.3) is 0 Å². The SMILES string of the molecule is C/C=C/CCCN(C)C(=O)c1cccc(C(F)(F)F)c1. The predicted molar refractivity (Wildman–Crippen MR) is 72.5 cm³/mol. The van der Waals surface area contributed by atoms with E-state index >= 15 is 0 Å². The maximum Gasteiger partial charge on any atom is 0.416 e. The van der Waals surface area contributed by atoms with E-state index < -0.39 is 17.6 Å². The first kappa shape index (κ1) is 16.3. The lowest BCUT2D eigenvalue weighted by Gasteiger charge is -2.17. The molecule has 0 aliphatic heterocycles. The van der Waals surface area contributed by atoms with E-state index in [1.807, 2.05) is 19.1 Å². The third-order valence-electron chi connectivity index (χ3n) is 2.88. The number of unbranched alkanes of at least 4 members (excludes halogenated alkanes) is 1. The minimum Gasteiger partial charge on any atom is -0.342 e. The maximum atomic E-state index is 12.6. The zero-order chi connectivity index (χ0) is 15.2. The average molecular weight is 285 g/mol. The van der Waals surface area contributed by atoms with Gasteiger partial charge >= 0.3 is 6.18 Å². The summed E-state index contributed by atoms with van der Waals surface area (Å²) in [6.45, 7) is 2.43. The number of hydrogen-bond donors (Lipinski definition) is 0. The number of carbonyl (C=O) groups excluding carboxylic acids is 1. The van der Waals surface area contributed by atoms with E-state index in [1.54, 1.807) is 7.05 Å². The molecule has 1 aromatic rings. The van der Waals surface area contributed by atoms with Crippen molar-refractivity contribution in [2.75, 3.05) is 13.6 Å². The van der Waals surface area contributed by atoms with Crippen LogP contribution in [0.15, 0.2) is 36.4 Å². The molecule has 0 saturated carbocycles. The minimum absolute atomic E-state index is 0.0633. The van der Waals surface area contributed by atoms with E-state index in [9.17, 15) is 18.0 Å². The Hall–Kier alpha value is -1.78. The molecule has 0 radical (unpaired) electrons. The van der Waals surface area contributed by atoms with Crippen molar-refractivity contribution in [3.63, 3.8) is 0 Å². The summed E-state index contributed by atoms with van der Waals surface area (Å²) < 4.78 is 37.8. The molecule has 0 bridgehead atoms. The van der Waals surface area contributed by atoms with Gasteiger partial charge in [0.15, 0.2) is 0 Å². The fourth-order valence-corrected chi connectivity index (χ4v) is 1.76. The van der Waals surface area contributed by atoms with Crippen LogP contribution in [0.4, 0.5) is 13.2 Å². The Balaban J connectivity index is 2.72. The number of hydrogen-bond acceptors (Lipinski definition) is 1. The Labute approximate surface area is 116 Å². The van der Waals surface area contributed by atoms with E-state index in [2.05, 4.69) is 0 Å². The van der Waals surface area contributed by atoms with Crippen LogP contribution >= 0.6 is 0 Å². The Kier molecular flexibility index (Phi) is 5.80. The van der Waals surface area contributed by atoms with Gasteiger partial charge in [-0.05, 0) is 38.0 Å². The van der Waals surface area contributed by atoms with Gasteiger partial charge in [0, 0.05) is 19.2 Å². The lowest BCUT2D eigenvalue weighted by atomic mass is 10.1. The topological polar surface area (TPSA) is 20.3 Å². The van der Waals surface area contributed by atoms with Gasteiger partial charge in [0.1, 0.15) is 0 Å². The molecule has 0 saturated heterocycles. The molecule has 0 atom stereocenters. The van der Waals surface area contributed by atoms with Gasteiger partial charge in [-0.2, -0.15) is 13.2 Å². The van der Waals surface area contributed by atoms with Gasteiger partial charge in [-0.15, -0.1) is 0 Å². The molecule has 0 heterocycles. The summed E-state index contributed by atoms with van der Waals surface area (Å²) in [5, 5.41) is 0. The van der Waals surface area contributed by atoms with Crippen molar-refractivity contribution in [1.82, 2.24) is 4.90 Å². The number of alkyl halides is 3. The fourth-order valence-electron chi connectivity index (χ4n) is 1.76. The van der Waals surface area contributed by atoms with Crippen LogP contribution in [0.5, 0.6) is 0 Å². The number of benzene rings is 1. The minimum atomic E-state index is -4.43. The summed E-state index contributed by atoms with van der Waals surface area (Å²) in [6.07, 6.45) is 1.11. The van der Waals surface area contributed by atoms with Crippen LogP contribution in [0, 0.1) is 0 Å². The van der Waals surface area contributed by atoms with Crippen LogP contribution in [0.1, 0.15) is 35.7 Å². The Morgan fingerprint density at radius 2 is 2.05 bits per heavy atom. The maximum absolute atomic E-state index is 12.6.